The van der Waals surface area contributed by atoms with Gasteiger partial charge in [-0.3, -0.25) is 4.79 Å². The van der Waals surface area contributed by atoms with E-state index in [1.54, 1.807) is 4.90 Å². The molecular formula is C20H25NO3. The molecule has 1 aromatic rings. The molecule has 128 valence electrons. The van der Waals surface area contributed by atoms with Crippen LogP contribution in [0.4, 0.5) is 4.79 Å². The van der Waals surface area contributed by atoms with Crippen molar-refractivity contribution in [3.63, 3.8) is 0 Å². The molecule has 0 saturated carbocycles. The smallest absolute Gasteiger partial charge is 0.410 e. The van der Waals surface area contributed by atoms with Crippen LogP contribution in [0.15, 0.2) is 30.3 Å². The number of Topliss-reactive ketones (excluding diaryl/α,β-unsaturated/α-hetero) is 1. The van der Waals surface area contributed by atoms with Crippen molar-refractivity contribution in [3.05, 3.63) is 35.9 Å². The van der Waals surface area contributed by atoms with Crippen molar-refractivity contribution in [2.24, 2.45) is 0 Å². The molecule has 2 rings (SSSR count). The van der Waals surface area contributed by atoms with Crippen molar-refractivity contribution in [3.8, 4) is 11.8 Å². The van der Waals surface area contributed by atoms with Gasteiger partial charge in [-0.1, -0.05) is 24.1 Å². The number of benzene rings is 1. The first kappa shape index (κ1) is 18.1. The molecule has 1 amide bonds. The predicted molar refractivity (Wildman–Crippen MR) is 93.5 cm³/mol. The van der Waals surface area contributed by atoms with Gasteiger partial charge in [-0.05, 0) is 58.1 Å². The fourth-order valence-corrected chi connectivity index (χ4v) is 2.70. The second kappa shape index (κ2) is 8.01. The monoisotopic (exact) mass is 327 g/mol. The summed E-state index contributed by atoms with van der Waals surface area (Å²) in [6.07, 6.45) is 2.70. The van der Waals surface area contributed by atoms with E-state index >= 15 is 0 Å². The van der Waals surface area contributed by atoms with Crippen LogP contribution in [0.2, 0.25) is 0 Å². The molecular weight excluding hydrogens is 302 g/mol. The molecule has 0 bridgehead atoms. The maximum atomic E-state index is 12.3. The Balaban J connectivity index is 1.99. The van der Waals surface area contributed by atoms with E-state index in [9.17, 15) is 9.59 Å². The summed E-state index contributed by atoms with van der Waals surface area (Å²) in [6, 6.07) is 9.31. The molecule has 1 aliphatic rings. The molecule has 24 heavy (non-hydrogen) atoms. The Kier molecular flexibility index (Phi) is 6.03. The highest BCUT2D eigenvalue weighted by atomic mass is 16.6. The van der Waals surface area contributed by atoms with Crippen LogP contribution < -0.4 is 0 Å². The third-order valence-electron chi connectivity index (χ3n) is 3.80. The van der Waals surface area contributed by atoms with Gasteiger partial charge in [-0.15, -0.1) is 0 Å². The molecule has 1 saturated heterocycles. The van der Waals surface area contributed by atoms with Crippen molar-refractivity contribution >= 4 is 11.9 Å². The normalized spacial score (nSPS) is 17.6. The van der Waals surface area contributed by atoms with E-state index in [1.807, 2.05) is 51.1 Å². The first-order valence-electron chi connectivity index (χ1n) is 8.45. The van der Waals surface area contributed by atoms with Gasteiger partial charge in [0.05, 0.1) is 0 Å². The van der Waals surface area contributed by atoms with Crippen LogP contribution in [0.3, 0.4) is 0 Å². The van der Waals surface area contributed by atoms with Crippen molar-refractivity contribution in [2.75, 3.05) is 6.54 Å². The number of carbonyl (C=O) groups is 2. The van der Waals surface area contributed by atoms with Crippen molar-refractivity contribution in [2.45, 2.75) is 58.1 Å². The minimum atomic E-state index is -0.532. The van der Waals surface area contributed by atoms with E-state index < -0.39 is 5.60 Å². The summed E-state index contributed by atoms with van der Waals surface area (Å²) in [5, 5.41) is 0. The molecule has 1 aromatic carbocycles. The molecule has 1 heterocycles. The SMILES string of the molecule is CC(C)(C)OC(=O)N1CCCCC1CC(=O)C#Cc1ccccc1. The number of nitrogens with zero attached hydrogens (tertiary/aromatic N) is 1. The van der Waals surface area contributed by atoms with Crippen LogP contribution in [0.1, 0.15) is 52.0 Å². The standard InChI is InChI=1S/C20H25NO3/c1-20(2,3)24-19(23)21-14-8-7-11-17(21)15-18(22)13-12-16-9-5-4-6-10-16/h4-6,9-10,17H,7-8,11,14-15H2,1-3H3. The summed E-state index contributed by atoms with van der Waals surface area (Å²) in [5.41, 5.74) is 0.287. The molecule has 1 aliphatic heterocycles. The molecule has 1 unspecified atom stereocenters. The third kappa shape index (κ3) is 5.73. The van der Waals surface area contributed by atoms with Gasteiger partial charge >= 0.3 is 6.09 Å². The topological polar surface area (TPSA) is 46.6 Å². The summed E-state index contributed by atoms with van der Waals surface area (Å²) < 4.78 is 5.46. The highest BCUT2D eigenvalue weighted by Crippen LogP contribution is 2.22. The highest BCUT2D eigenvalue weighted by Gasteiger charge is 2.31. The van der Waals surface area contributed by atoms with E-state index in [1.165, 1.54) is 0 Å². The molecule has 1 fully saturated rings. The average Bonchev–Trinajstić information content (AvgIpc) is 2.53. The lowest BCUT2D eigenvalue weighted by molar-refractivity contribution is -0.115. The van der Waals surface area contributed by atoms with E-state index in [-0.39, 0.29) is 24.3 Å². The van der Waals surface area contributed by atoms with Gasteiger partial charge in [0.2, 0.25) is 5.78 Å². The molecule has 0 N–H and O–H groups in total. The Morgan fingerprint density at radius 1 is 1.21 bits per heavy atom. The van der Waals surface area contributed by atoms with Gasteiger partial charge in [0.25, 0.3) is 0 Å². The molecule has 0 aliphatic carbocycles. The zero-order valence-electron chi connectivity index (χ0n) is 14.7. The van der Waals surface area contributed by atoms with E-state index in [0.29, 0.717) is 6.54 Å². The fraction of sp³-hybridized carbons (Fsp3) is 0.500. The number of hydrogen-bond acceptors (Lipinski definition) is 3. The maximum absolute atomic E-state index is 12.3. The first-order valence-corrected chi connectivity index (χ1v) is 8.45. The Hall–Kier alpha value is -2.28. The number of ether oxygens (including phenoxy) is 1. The number of piperidine rings is 1. The number of amides is 1. The van der Waals surface area contributed by atoms with Gasteiger partial charge in [0, 0.05) is 24.6 Å². The fourth-order valence-electron chi connectivity index (χ4n) is 2.70. The largest absolute Gasteiger partial charge is 0.444 e. The lowest BCUT2D eigenvalue weighted by atomic mass is 9.98. The molecule has 1 atom stereocenters. The van der Waals surface area contributed by atoms with Gasteiger partial charge in [0.1, 0.15) is 5.60 Å². The summed E-state index contributed by atoms with van der Waals surface area (Å²) in [5.74, 6) is 5.43. The Morgan fingerprint density at radius 2 is 1.92 bits per heavy atom. The lowest BCUT2D eigenvalue weighted by Crippen LogP contribution is -2.46. The summed E-state index contributed by atoms with van der Waals surface area (Å²) in [4.78, 5) is 26.2. The molecule has 4 heteroatoms. The summed E-state index contributed by atoms with van der Waals surface area (Å²) in [7, 11) is 0. The second-order valence-corrected chi connectivity index (χ2v) is 7.07. The first-order chi connectivity index (χ1) is 11.3. The second-order valence-electron chi connectivity index (χ2n) is 7.07. The molecule has 4 nitrogen and oxygen atoms in total. The van der Waals surface area contributed by atoms with Crippen LogP contribution in [0, 0.1) is 11.8 Å². The molecule has 0 aromatic heterocycles. The average molecular weight is 327 g/mol. The zero-order chi connectivity index (χ0) is 17.6. The van der Waals surface area contributed by atoms with E-state index in [4.69, 9.17) is 4.74 Å². The molecule has 0 radical (unpaired) electrons. The lowest BCUT2D eigenvalue weighted by Gasteiger charge is -2.36. The number of rotatable bonds is 2. The van der Waals surface area contributed by atoms with Crippen LogP contribution in [-0.4, -0.2) is 35.0 Å². The van der Waals surface area contributed by atoms with Crippen LogP contribution in [-0.2, 0) is 9.53 Å². The number of carbonyl (C=O) groups excluding carboxylic acids is 2. The number of hydrogen-bond donors (Lipinski definition) is 0. The van der Waals surface area contributed by atoms with Crippen molar-refractivity contribution in [1.82, 2.24) is 4.90 Å². The van der Waals surface area contributed by atoms with Gasteiger partial charge < -0.3 is 9.64 Å². The predicted octanol–water partition coefficient (Wildman–Crippen LogP) is 3.79. The zero-order valence-corrected chi connectivity index (χ0v) is 14.7. The van der Waals surface area contributed by atoms with Gasteiger partial charge in [-0.2, -0.15) is 0 Å². The Bertz CT molecular complexity index is 634. The number of likely N-dealkylation sites (tertiary alicyclic amines) is 1. The van der Waals surface area contributed by atoms with Gasteiger partial charge in [0.15, 0.2) is 0 Å². The maximum Gasteiger partial charge on any atom is 0.410 e. The van der Waals surface area contributed by atoms with Crippen LogP contribution in [0.5, 0.6) is 0 Å². The van der Waals surface area contributed by atoms with Gasteiger partial charge in [-0.25, -0.2) is 4.79 Å². The van der Waals surface area contributed by atoms with Crippen molar-refractivity contribution in [1.29, 1.82) is 0 Å². The summed E-state index contributed by atoms with van der Waals surface area (Å²) in [6.45, 7) is 6.18. The summed E-state index contributed by atoms with van der Waals surface area (Å²) >= 11 is 0. The third-order valence-corrected chi connectivity index (χ3v) is 3.80. The van der Waals surface area contributed by atoms with E-state index in [2.05, 4.69) is 11.8 Å². The Morgan fingerprint density at radius 3 is 2.58 bits per heavy atom. The minimum absolute atomic E-state index is 0.119. The van der Waals surface area contributed by atoms with Crippen LogP contribution >= 0.6 is 0 Å². The number of ketones is 1. The Labute approximate surface area is 144 Å². The van der Waals surface area contributed by atoms with Crippen molar-refractivity contribution < 1.29 is 14.3 Å². The minimum Gasteiger partial charge on any atom is -0.444 e. The van der Waals surface area contributed by atoms with E-state index in [0.717, 1.165) is 24.8 Å². The molecule has 0 spiro atoms. The highest BCUT2D eigenvalue weighted by molar-refractivity contribution is 5.96. The quantitative estimate of drug-likeness (QED) is 0.777. The van der Waals surface area contributed by atoms with Crippen LogP contribution in [0.25, 0.3) is 0 Å².